The van der Waals surface area contributed by atoms with Crippen molar-refractivity contribution in [2.24, 2.45) is 0 Å². The molecular formula is C12H9N5S. The fraction of sp³-hybridized carbons (Fsp3) is 0.167. The normalized spacial score (nSPS) is 10.7. The van der Waals surface area contributed by atoms with E-state index in [9.17, 15) is 0 Å². The van der Waals surface area contributed by atoms with Gasteiger partial charge in [-0.05, 0) is 19.1 Å². The molecular weight excluding hydrogens is 246 g/mol. The van der Waals surface area contributed by atoms with Crippen LogP contribution in [-0.2, 0) is 6.42 Å². The Labute approximate surface area is 107 Å². The zero-order valence-corrected chi connectivity index (χ0v) is 10.5. The highest BCUT2D eigenvalue weighted by Gasteiger charge is 2.14. The van der Waals surface area contributed by atoms with Crippen LogP contribution in [0.1, 0.15) is 10.8 Å². The molecule has 0 aliphatic heterocycles. The van der Waals surface area contributed by atoms with E-state index in [0.29, 0.717) is 5.82 Å². The van der Waals surface area contributed by atoms with Gasteiger partial charge in [0.1, 0.15) is 10.8 Å². The van der Waals surface area contributed by atoms with Gasteiger partial charge in [-0.3, -0.25) is 4.57 Å². The van der Waals surface area contributed by atoms with E-state index in [1.165, 1.54) is 11.3 Å². The van der Waals surface area contributed by atoms with Gasteiger partial charge in [-0.2, -0.15) is 5.26 Å². The Bertz CT molecular complexity index is 749. The summed E-state index contributed by atoms with van der Waals surface area (Å²) in [6.07, 6.45) is 0.257. The van der Waals surface area contributed by atoms with Crippen LogP contribution < -0.4 is 0 Å². The van der Waals surface area contributed by atoms with Crippen molar-refractivity contribution in [3.63, 3.8) is 0 Å². The van der Waals surface area contributed by atoms with Crippen molar-refractivity contribution >= 4 is 22.4 Å². The van der Waals surface area contributed by atoms with Crippen LogP contribution in [-0.4, -0.2) is 19.7 Å². The predicted molar refractivity (Wildman–Crippen MR) is 68.6 cm³/mol. The number of imidazole rings is 1. The molecule has 1 aromatic carbocycles. The van der Waals surface area contributed by atoms with E-state index in [4.69, 9.17) is 5.26 Å². The lowest BCUT2D eigenvalue weighted by atomic mass is 10.3. The Kier molecular flexibility index (Phi) is 2.54. The third kappa shape index (κ3) is 1.65. The van der Waals surface area contributed by atoms with Crippen molar-refractivity contribution in [3.8, 4) is 11.2 Å². The molecule has 0 amide bonds. The van der Waals surface area contributed by atoms with Crippen molar-refractivity contribution in [3.05, 3.63) is 35.1 Å². The standard InChI is InChI=1S/C12H9N5S/c1-8-15-16-12(18-8)17-10-5-3-2-4-9(10)14-11(17)6-7-13/h2-5H,6H2,1H3. The first-order valence-electron chi connectivity index (χ1n) is 5.43. The van der Waals surface area contributed by atoms with Gasteiger partial charge in [-0.1, -0.05) is 23.5 Å². The summed E-state index contributed by atoms with van der Waals surface area (Å²) in [6.45, 7) is 1.91. The molecule has 6 heteroatoms. The molecule has 5 nitrogen and oxygen atoms in total. The lowest BCUT2D eigenvalue weighted by molar-refractivity contribution is 0.908. The average molecular weight is 255 g/mol. The summed E-state index contributed by atoms with van der Waals surface area (Å²) < 4.78 is 1.91. The van der Waals surface area contributed by atoms with Crippen molar-refractivity contribution in [2.75, 3.05) is 0 Å². The topological polar surface area (TPSA) is 67.4 Å². The Morgan fingerprint density at radius 1 is 1.33 bits per heavy atom. The number of hydrogen-bond acceptors (Lipinski definition) is 5. The lowest BCUT2D eigenvalue weighted by Gasteiger charge is -2.01. The minimum absolute atomic E-state index is 0.257. The van der Waals surface area contributed by atoms with Gasteiger partial charge in [0.2, 0.25) is 5.13 Å². The number of aromatic nitrogens is 4. The second-order valence-corrected chi connectivity index (χ2v) is 4.95. The van der Waals surface area contributed by atoms with Crippen LogP contribution in [0.25, 0.3) is 16.2 Å². The third-order valence-electron chi connectivity index (χ3n) is 2.57. The molecule has 2 heterocycles. The molecule has 0 bridgehead atoms. The SMILES string of the molecule is Cc1nnc(-n2c(CC#N)nc3ccccc32)s1. The summed E-state index contributed by atoms with van der Waals surface area (Å²) in [4.78, 5) is 4.47. The van der Waals surface area contributed by atoms with Gasteiger partial charge in [-0.15, -0.1) is 10.2 Å². The summed E-state index contributed by atoms with van der Waals surface area (Å²) in [5.74, 6) is 0.704. The van der Waals surface area contributed by atoms with E-state index in [2.05, 4.69) is 21.3 Å². The molecule has 88 valence electrons. The largest absolute Gasteiger partial charge is 0.269 e. The minimum Gasteiger partial charge on any atom is -0.269 e. The van der Waals surface area contributed by atoms with E-state index in [1.807, 2.05) is 35.8 Å². The van der Waals surface area contributed by atoms with E-state index < -0.39 is 0 Å². The zero-order chi connectivity index (χ0) is 12.5. The van der Waals surface area contributed by atoms with Gasteiger partial charge >= 0.3 is 0 Å². The monoisotopic (exact) mass is 255 g/mol. The fourth-order valence-electron chi connectivity index (χ4n) is 1.86. The molecule has 0 aliphatic carbocycles. The number of nitrogens with zero attached hydrogens (tertiary/aromatic N) is 5. The number of fused-ring (bicyclic) bond motifs is 1. The van der Waals surface area contributed by atoms with Crippen LogP contribution in [0.2, 0.25) is 0 Å². The van der Waals surface area contributed by atoms with Crippen LogP contribution in [0.15, 0.2) is 24.3 Å². The number of nitriles is 1. The molecule has 0 spiro atoms. The van der Waals surface area contributed by atoms with Crippen LogP contribution in [0.4, 0.5) is 0 Å². The Balaban J connectivity index is 2.31. The predicted octanol–water partition coefficient (Wildman–Crippen LogP) is 2.25. The molecule has 3 rings (SSSR count). The van der Waals surface area contributed by atoms with Crippen LogP contribution >= 0.6 is 11.3 Å². The highest BCUT2D eigenvalue weighted by Crippen LogP contribution is 2.23. The maximum Gasteiger partial charge on any atom is 0.218 e. The molecule has 2 aromatic heterocycles. The molecule has 0 fully saturated rings. The quantitative estimate of drug-likeness (QED) is 0.704. The second kappa shape index (κ2) is 4.20. The maximum absolute atomic E-state index is 8.89. The molecule has 0 aliphatic rings. The smallest absolute Gasteiger partial charge is 0.218 e. The first-order valence-corrected chi connectivity index (χ1v) is 6.25. The van der Waals surface area contributed by atoms with Crippen LogP contribution in [0.5, 0.6) is 0 Å². The fourth-order valence-corrected chi connectivity index (χ4v) is 2.58. The summed E-state index contributed by atoms with van der Waals surface area (Å²) in [5.41, 5.74) is 1.83. The number of hydrogen-bond donors (Lipinski definition) is 0. The molecule has 0 radical (unpaired) electrons. The Morgan fingerprint density at radius 2 is 2.17 bits per heavy atom. The molecule has 0 N–H and O–H groups in total. The van der Waals surface area contributed by atoms with Gasteiger partial charge in [-0.25, -0.2) is 4.98 Å². The van der Waals surface area contributed by atoms with E-state index >= 15 is 0 Å². The molecule has 0 atom stereocenters. The van der Waals surface area contributed by atoms with Crippen LogP contribution in [0.3, 0.4) is 0 Å². The first kappa shape index (κ1) is 10.9. The zero-order valence-electron chi connectivity index (χ0n) is 9.66. The molecule has 0 unspecified atom stereocenters. The van der Waals surface area contributed by atoms with E-state index in [1.54, 1.807) is 0 Å². The molecule has 3 aromatic rings. The highest BCUT2D eigenvalue weighted by molar-refractivity contribution is 7.13. The first-order chi connectivity index (χ1) is 8.79. The summed E-state index contributed by atoms with van der Waals surface area (Å²) in [6, 6.07) is 9.92. The van der Waals surface area contributed by atoms with Crippen molar-refractivity contribution < 1.29 is 0 Å². The number of benzene rings is 1. The van der Waals surface area contributed by atoms with Gasteiger partial charge in [0, 0.05) is 0 Å². The second-order valence-electron chi connectivity index (χ2n) is 3.79. The summed E-state index contributed by atoms with van der Waals surface area (Å²) >= 11 is 1.49. The van der Waals surface area contributed by atoms with Gasteiger partial charge in [0.25, 0.3) is 0 Å². The van der Waals surface area contributed by atoms with E-state index in [0.717, 1.165) is 21.2 Å². The number of para-hydroxylation sites is 2. The van der Waals surface area contributed by atoms with Gasteiger partial charge < -0.3 is 0 Å². The third-order valence-corrected chi connectivity index (χ3v) is 3.40. The Hall–Kier alpha value is -2.26. The average Bonchev–Trinajstić information content (AvgIpc) is 2.92. The van der Waals surface area contributed by atoms with Crippen molar-refractivity contribution in [2.45, 2.75) is 13.3 Å². The van der Waals surface area contributed by atoms with Crippen molar-refractivity contribution in [1.82, 2.24) is 19.7 Å². The summed E-state index contributed by atoms with van der Waals surface area (Å²) in [5, 5.41) is 18.7. The molecule has 0 saturated carbocycles. The number of rotatable bonds is 2. The van der Waals surface area contributed by atoms with E-state index in [-0.39, 0.29) is 6.42 Å². The highest BCUT2D eigenvalue weighted by atomic mass is 32.1. The molecule has 18 heavy (non-hydrogen) atoms. The summed E-state index contributed by atoms with van der Waals surface area (Å²) in [7, 11) is 0. The van der Waals surface area contributed by atoms with Crippen molar-refractivity contribution in [1.29, 1.82) is 5.26 Å². The molecule has 0 saturated heterocycles. The van der Waals surface area contributed by atoms with Crippen LogP contribution in [0, 0.1) is 18.3 Å². The van der Waals surface area contributed by atoms with Gasteiger partial charge in [0.05, 0.1) is 23.5 Å². The minimum atomic E-state index is 0.257. The Morgan fingerprint density at radius 3 is 2.89 bits per heavy atom. The lowest BCUT2D eigenvalue weighted by Crippen LogP contribution is -2.00. The van der Waals surface area contributed by atoms with Gasteiger partial charge in [0.15, 0.2) is 0 Å². The number of aryl methyl sites for hydroxylation is 1. The maximum atomic E-state index is 8.89.